The lowest BCUT2D eigenvalue weighted by atomic mass is 10.0. The van der Waals surface area contributed by atoms with Crippen LogP contribution in [0.2, 0.25) is 0 Å². The second-order valence-corrected chi connectivity index (χ2v) is 11.4. The fraction of sp³-hybridized carbons (Fsp3) is 0.346. The van der Waals surface area contributed by atoms with E-state index in [9.17, 15) is 17.4 Å². The van der Waals surface area contributed by atoms with Crippen molar-refractivity contribution in [3.63, 3.8) is 0 Å². The van der Waals surface area contributed by atoms with Gasteiger partial charge in [0.25, 0.3) is 10.0 Å². The van der Waals surface area contributed by atoms with Crippen LogP contribution in [0.25, 0.3) is 11.1 Å². The Morgan fingerprint density at radius 1 is 1.14 bits per heavy atom. The number of aryl methyl sites for hydroxylation is 1. The van der Waals surface area contributed by atoms with Gasteiger partial charge in [-0.25, -0.2) is 9.78 Å². The van der Waals surface area contributed by atoms with Crippen LogP contribution >= 0.6 is 0 Å². The highest BCUT2D eigenvalue weighted by Gasteiger charge is 2.26. The number of benzene rings is 2. The maximum Gasteiger partial charge on any atom is 0.357 e. The highest BCUT2D eigenvalue weighted by atomic mass is 32.2. The van der Waals surface area contributed by atoms with Crippen LogP contribution in [0.5, 0.6) is 0 Å². The molecule has 0 aliphatic rings. The normalized spacial score (nSPS) is 12.6. The van der Waals surface area contributed by atoms with Crippen LogP contribution in [0, 0.1) is 0 Å². The molecular formula is C26H32N4O5S2. The van der Waals surface area contributed by atoms with Gasteiger partial charge in [-0.1, -0.05) is 49.4 Å². The second kappa shape index (κ2) is 12.3. The van der Waals surface area contributed by atoms with Crippen LogP contribution < -0.4 is 0 Å². The van der Waals surface area contributed by atoms with E-state index in [1.54, 1.807) is 48.7 Å². The highest BCUT2D eigenvalue weighted by molar-refractivity contribution is 7.90. The first kappa shape index (κ1) is 28.3. The topological polar surface area (TPSA) is 111 Å². The van der Waals surface area contributed by atoms with Gasteiger partial charge >= 0.3 is 5.97 Å². The number of sulfonamides is 1. The molecule has 1 heterocycles. The number of aromatic nitrogens is 2. The van der Waals surface area contributed by atoms with Crippen LogP contribution in [0.1, 0.15) is 42.1 Å². The van der Waals surface area contributed by atoms with Gasteiger partial charge in [-0.05, 0) is 30.5 Å². The molecule has 198 valence electrons. The summed E-state index contributed by atoms with van der Waals surface area (Å²) in [7, 11) is -1.96. The lowest BCUT2D eigenvalue weighted by Gasteiger charge is -2.13. The predicted molar refractivity (Wildman–Crippen MR) is 145 cm³/mol. The minimum atomic E-state index is -3.90. The molecule has 0 fully saturated rings. The number of hydrogen-bond acceptors (Lipinski definition) is 6. The van der Waals surface area contributed by atoms with E-state index in [1.807, 2.05) is 31.2 Å². The average molecular weight is 545 g/mol. The van der Waals surface area contributed by atoms with Gasteiger partial charge in [0.15, 0.2) is 10.7 Å². The van der Waals surface area contributed by atoms with E-state index in [-0.39, 0.29) is 22.2 Å². The van der Waals surface area contributed by atoms with Crippen LogP contribution in [0.3, 0.4) is 0 Å². The Hall–Kier alpha value is -3.31. The van der Waals surface area contributed by atoms with Crippen molar-refractivity contribution in [2.24, 2.45) is 4.40 Å². The summed E-state index contributed by atoms with van der Waals surface area (Å²) in [5.41, 5.74) is 2.31. The predicted octanol–water partition coefficient (Wildman–Crippen LogP) is 3.74. The van der Waals surface area contributed by atoms with Gasteiger partial charge in [-0.15, -0.1) is 4.40 Å². The molecule has 1 aromatic heterocycles. The molecule has 0 amide bonds. The quantitative estimate of drug-likeness (QED) is 0.205. The van der Waals surface area contributed by atoms with Crippen LogP contribution in [-0.2, 0) is 38.5 Å². The van der Waals surface area contributed by atoms with Gasteiger partial charge in [-0.2, -0.15) is 8.42 Å². The molecule has 0 saturated heterocycles. The van der Waals surface area contributed by atoms with Gasteiger partial charge in [0.1, 0.15) is 12.2 Å². The summed E-state index contributed by atoms with van der Waals surface area (Å²) in [6.45, 7) is 4.24. The Morgan fingerprint density at radius 2 is 1.81 bits per heavy atom. The van der Waals surface area contributed by atoms with Gasteiger partial charge in [0.05, 0.1) is 22.3 Å². The van der Waals surface area contributed by atoms with Gasteiger partial charge < -0.3 is 14.2 Å². The molecule has 2 aromatic carbocycles. The minimum absolute atomic E-state index is 0.111. The van der Waals surface area contributed by atoms with E-state index in [4.69, 9.17) is 4.74 Å². The number of imidazole rings is 1. The van der Waals surface area contributed by atoms with Crippen molar-refractivity contribution in [3.05, 3.63) is 65.6 Å². The average Bonchev–Trinajstić information content (AvgIpc) is 3.22. The Balaban J connectivity index is 2.01. The van der Waals surface area contributed by atoms with E-state index in [1.165, 1.54) is 18.7 Å². The second-order valence-electron chi connectivity index (χ2n) is 8.55. The summed E-state index contributed by atoms with van der Waals surface area (Å²) in [4.78, 5) is 19.0. The zero-order valence-corrected chi connectivity index (χ0v) is 23.3. The van der Waals surface area contributed by atoms with Gasteiger partial charge in [0, 0.05) is 38.9 Å². The maximum atomic E-state index is 12.8. The van der Waals surface area contributed by atoms with Crippen molar-refractivity contribution in [3.8, 4) is 11.1 Å². The Kier molecular flexibility index (Phi) is 9.39. The van der Waals surface area contributed by atoms with Crippen molar-refractivity contribution in [1.29, 1.82) is 0 Å². The molecule has 0 radical (unpaired) electrons. The van der Waals surface area contributed by atoms with E-state index in [0.717, 1.165) is 12.0 Å². The molecular weight excluding hydrogens is 512 g/mol. The number of carbonyl (C=O) groups is 1. The molecule has 1 unspecified atom stereocenters. The number of carbonyl (C=O) groups excluding carboxylic acids is 1. The Bertz CT molecular complexity index is 1410. The third-order valence-corrected chi connectivity index (χ3v) is 7.53. The first-order chi connectivity index (χ1) is 17.6. The van der Waals surface area contributed by atoms with E-state index in [2.05, 4.69) is 9.38 Å². The van der Waals surface area contributed by atoms with E-state index in [0.29, 0.717) is 29.9 Å². The lowest BCUT2D eigenvalue weighted by Crippen LogP contribution is -2.16. The molecule has 1 atom stereocenters. The number of ether oxygens (including phenoxy) is 1. The van der Waals surface area contributed by atoms with Crippen LogP contribution in [-0.4, -0.2) is 66.3 Å². The van der Waals surface area contributed by atoms with E-state index >= 15 is 0 Å². The molecule has 11 heteroatoms. The molecule has 0 N–H and O–H groups in total. The monoisotopic (exact) mass is 544 g/mol. The summed E-state index contributed by atoms with van der Waals surface area (Å²) >= 11 is 0. The molecule has 0 saturated carbocycles. The maximum absolute atomic E-state index is 12.8. The van der Waals surface area contributed by atoms with Gasteiger partial charge in [0.2, 0.25) is 0 Å². The molecule has 0 spiro atoms. The number of nitrogens with zero attached hydrogens (tertiary/aromatic N) is 4. The van der Waals surface area contributed by atoms with Crippen LogP contribution in [0.4, 0.5) is 0 Å². The lowest BCUT2D eigenvalue weighted by molar-refractivity contribution is 0.0509. The number of esters is 1. The molecule has 37 heavy (non-hydrogen) atoms. The largest absolute Gasteiger partial charge is 0.461 e. The first-order valence-electron chi connectivity index (χ1n) is 11.8. The summed E-state index contributed by atoms with van der Waals surface area (Å²) in [5.74, 6) is 0.103. The summed E-state index contributed by atoms with van der Waals surface area (Å²) < 4.78 is 48.8. The standard InChI is InChI=1S/C26H32N4O5S2/c1-6-10-23-28-25(36(5)32)24(26(31)35-7-2)30(23)17-19-13-15-20(16-14-19)21-11-8-9-12-22(21)37(33,34)27-18-29(3)4/h8-9,11-16,18H,6-7,10,17H2,1-5H3/b27-18+. The van der Waals surface area contributed by atoms with Crippen molar-refractivity contribution in [1.82, 2.24) is 14.5 Å². The summed E-state index contributed by atoms with van der Waals surface area (Å²) in [5, 5.41) is 0.218. The van der Waals surface area contributed by atoms with Crippen molar-refractivity contribution < 1.29 is 22.2 Å². The van der Waals surface area contributed by atoms with Crippen molar-refractivity contribution >= 4 is 33.1 Å². The molecule has 9 nitrogen and oxygen atoms in total. The zero-order chi connectivity index (χ0) is 27.2. The van der Waals surface area contributed by atoms with E-state index < -0.39 is 26.8 Å². The zero-order valence-electron chi connectivity index (χ0n) is 21.7. The fourth-order valence-electron chi connectivity index (χ4n) is 3.77. The summed E-state index contributed by atoms with van der Waals surface area (Å²) in [6.07, 6.45) is 4.16. The molecule has 0 bridgehead atoms. The first-order valence-corrected chi connectivity index (χ1v) is 14.8. The fourth-order valence-corrected chi connectivity index (χ4v) is 5.61. The Labute approximate surface area is 220 Å². The Morgan fingerprint density at radius 3 is 2.41 bits per heavy atom. The number of rotatable bonds is 11. The molecule has 3 rings (SSSR count). The highest BCUT2D eigenvalue weighted by Crippen LogP contribution is 2.29. The summed E-state index contributed by atoms with van der Waals surface area (Å²) in [6, 6.07) is 14.1. The van der Waals surface area contributed by atoms with Crippen LogP contribution in [0.15, 0.2) is 62.9 Å². The number of hydrogen-bond donors (Lipinski definition) is 0. The van der Waals surface area contributed by atoms with Crippen molar-refractivity contribution in [2.75, 3.05) is 27.0 Å². The van der Waals surface area contributed by atoms with Crippen molar-refractivity contribution in [2.45, 2.75) is 43.2 Å². The third kappa shape index (κ3) is 6.72. The minimum Gasteiger partial charge on any atom is -0.461 e. The van der Waals surface area contributed by atoms with Gasteiger partial charge in [-0.3, -0.25) is 4.21 Å². The SMILES string of the molecule is CCCc1nc(S(C)=O)c(C(=O)OCC)n1Cc1ccc(-c2ccccc2S(=O)(=O)/N=C/N(C)C)cc1. The smallest absolute Gasteiger partial charge is 0.357 e. The molecule has 0 aliphatic heterocycles. The third-order valence-electron chi connectivity index (χ3n) is 5.42. The molecule has 3 aromatic rings. The molecule has 0 aliphatic carbocycles.